The van der Waals surface area contributed by atoms with Gasteiger partial charge in [0.05, 0.1) is 11.6 Å². The minimum atomic E-state index is -0.374. The van der Waals surface area contributed by atoms with Gasteiger partial charge in [0, 0.05) is 6.04 Å². The molecule has 4 nitrogen and oxygen atoms in total. The molecule has 2 aliphatic rings. The van der Waals surface area contributed by atoms with Gasteiger partial charge in [-0.2, -0.15) is 0 Å². The molecule has 1 saturated carbocycles. The van der Waals surface area contributed by atoms with Crippen molar-refractivity contribution < 1.29 is 9.90 Å². The number of amides is 1. The fraction of sp³-hybridized carbons (Fsp3) is 0.900. The predicted molar refractivity (Wildman–Crippen MR) is 52.8 cm³/mol. The van der Waals surface area contributed by atoms with Crippen LogP contribution >= 0.6 is 0 Å². The molecule has 1 saturated heterocycles. The SMILES string of the molecule is CC1(C(=O)NC2CC(O)C2)CCCN1. The number of aliphatic hydroxyl groups excluding tert-OH is 1. The Morgan fingerprint density at radius 3 is 2.79 bits per heavy atom. The first-order valence-electron chi connectivity index (χ1n) is 5.34. The molecule has 4 heteroatoms. The summed E-state index contributed by atoms with van der Waals surface area (Å²) in [7, 11) is 0. The second kappa shape index (κ2) is 3.51. The number of carbonyl (C=O) groups excluding carboxylic acids is 1. The molecule has 1 heterocycles. The molecule has 1 aliphatic heterocycles. The molecule has 80 valence electrons. The average Bonchev–Trinajstić information content (AvgIpc) is 2.51. The van der Waals surface area contributed by atoms with Crippen LogP contribution in [0.4, 0.5) is 0 Å². The third-order valence-electron chi connectivity index (χ3n) is 3.32. The molecule has 0 spiro atoms. The van der Waals surface area contributed by atoms with Gasteiger partial charge < -0.3 is 15.7 Å². The zero-order valence-electron chi connectivity index (χ0n) is 8.55. The first-order chi connectivity index (χ1) is 6.60. The Bertz CT molecular complexity index is 230. The van der Waals surface area contributed by atoms with Crippen molar-refractivity contribution in [3.8, 4) is 0 Å². The molecule has 0 aromatic carbocycles. The number of hydrogen-bond donors (Lipinski definition) is 3. The van der Waals surface area contributed by atoms with Gasteiger partial charge in [-0.3, -0.25) is 4.79 Å². The first kappa shape index (κ1) is 9.93. The van der Waals surface area contributed by atoms with E-state index in [1.165, 1.54) is 0 Å². The highest BCUT2D eigenvalue weighted by Crippen LogP contribution is 2.23. The van der Waals surface area contributed by atoms with Gasteiger partial charge in [0.1, 0.15) is 0 Å². The Morgan fingerprint density at radius 2 is 2.29 bits per heavy atom. The predicted octanol–water partition coefficient (Wildman–Crippen LogP) is -0.232. The summed E-state index contributed by atoms with van der Waals surface area (Å²) in [5.74, 6) is 0.0897. The Hall–Kier alpha value is -0.610. The van der Waals surface area contributed by atoms with Crippen LogP contribution in [0.25, 0.3) is 0 Å². The van der Waals surface area contributed by atoms with E-state index in [0.717, 1.165) is 19.4 Å². The molecule has 1 unspecified atom stereocenters. The topological polar surface area (TPSA) is 61.4 Å². The van der Waals surface area contributed by atoms with Crippen molar-refractivity contribution in [3.63, 3.8) is 0 Å². The molecule has 1 amide bonds. The van der Waals surface area contributed by atoms with Crippen molar-refractivity contribution in [2.75, 3.05) is 6.54 Å². The lowest BCUT2D eigenvalue weighted by Gasteiger charge is -2.35. The van der Waals surface area contributed by atoms with Crippen molar-refractivity contribution in [2.45, 2.75) is 50.3 Å². The van der Waals surface area contributed by atoms with Crippen LogP contribution in [0.2, 0.25) is 0 Å². The smallest absolute Gasteiger partial charge is 0.240 e. The highest BCUT2D eigenvalue weighted by molar-refractivity contribution is 5.86. The quantitative estimate of drug-likeness (QED) is 0.574. The van der Waals surface area contributed by atoms with Crippen molar-refractivity contribution >= 4 is 5.91 Å². The van der Waals surface area contributed by atoms with Crippen molar-refractivity contribution in [1.82, 2.24) is 10.6 Å². The Kier molecular flexibility index (Phi) is 2.49. The molecular formula is C10H18N2O2. The van der Waals surface area contributed by atoms with E-state index in [9.17, 15) is 4.79 Å². The zero-order chi connectivity index (χ0) is 10.2. The number of hydrogen-bond acceptors (Lipinski definition) is 3. The van der Waals surface area contributed by atoms with E-state index in [1.54, 1.807) is 0 Å². The summed E-state index contributed by atoms with van der Waals surface area (Å²) < 4.78 is 0. The maximum atomic E-state index is 11.8. The molecule has 1 aliphatic carbocycles. The molecular weight excluding hydrogens is 180 g/mol. The van der Waals surface area contributed by atoms with Gasteiger partial charge in [0.2, 0.25) is 5.91 Å². The highest BCUT2D eigenvalue weighted by Gasteiger charge is 2.38. The lowest BCUT2D eigenvalue weighted by molar-refractivity contribution is -0.128. The molecule has 0 bridgehead atoms. The second-order valence-corrected chi connectivity index (χ2v) is 4.66. The molecule has 1 atom stereocenters. The summed E-state index contributed by atoms with van der Waals surface area (Å²) in [6, 6.07) is 0.191. The molecule has 3 N–H and O–H groups in total. The summed E-state index contributed by atoms with van der Waals surface area (Å²) in [5.41, 5.74) is -0.374. The third kappa shape index (κ3) is 1.77. The molecule has 14 heavy (non-hydrogen) atoms. The number of carbonyl (C=O) groups is 1. The largest absolute Gasteiger partial charge is 0.393 e. The lowest BCUT2D eigenvalue weighted by Crippen LogP contribution is -2.57. The molecule has 0 radical (unpaired) electrons. The summed E-state index contributed by atoms with van der Waals surface area (Å²) in [5, 5.41) is 15.3. The summed E-state index contributed by atoms with van der Waals surface area (Å²) >= 11 is 0. The molecule has 2 rings (SSSR count). The van der Waals surface area contributed by atoms with Crippen LogP contribution in [0.15, 0.2) is 0 Å². The standard InChI is InChI=1S/C10H18N2O2/c1-10(3-2-4-11-10)9(14)12-7-5-8(13)6-7/h7-8,11,13H,2-6H2,1H3,(H,12,14). The van der Waals surface area contributed by atoms with Gasteiger partial charge in [-0.05, 0) is 39.2 Å². The number of rotatable bonds is 2. The van der Waals surface area contributed by atoms with Crippen LogP contribution in [-0.4, -0.2) is 35.2 Å². The summed E-state index contributed by atoms with van der Waals surface area (Å²) in [4.78, 5) is 11.8. The van der Waals surface area contributed by atoms with Gasteiger partial charge in [0.15, 0.2) is 0 Å². The average molecular weight is 198 g/mol. The Labute approximate surface area is 84.1 Å². The van der Waals surface area contributed by atoms with E-state index in [2.05, 4.69) is 10.6 Å². The molecule has 0 aromatic heterocycles. The molecule has 2 fully saturated rings. The second-order valence-electron chi connectivity index (χ2n) is 4.66. The minimum absolute atomic E-state index is 0.0897. The van der Waals surface area contributed by atoms with Gasteiger partial charge >= 0.3 is 0 Å². The van der Waals surface area contributed by atoms with Gasteiger partial charge in [0.25, 0.3) is 0 Å². The van der Waals surface area contributed by atoms with Crippen LogP contribution in [0.5, 0.6) is 0 Å². The maximum Gasteiger partial charge on any atom is 0.240 e. The normalized spacial score (nSPS) is 41.9. The summed E-state index contributed by atoms with van der Waals surface area (Å²) in [6.07, 6.45) is 3.19. The van der Waals surface area contributed by atoms with Crippen LogP contribution in [0.3, 0.4) is 0 Å². The Morgan fingerprint density at radius 1 is 1.57 bits per heavy atom. The fourth-order valence-electron chi connectivity index (χ4n) is 2.14. The van der Waals surface area contributed by atoms with Crippen LogP contribution in [-0.2, 0) is 4.79 Å². The maximum absolute atomic E-state index is 11.8. The number of nitrogens with one attached hydrogen (secondary N) is 2. The molecule has 0 aromatic rings. The van der Waals surface area contributed by atoms with E-state index >= 15 is 0 Å². The van der Waals surface area contributed by atoms with Gasteiger partial charge in [-0.25, -0.2) is 0 Å². The van der Waals surface area contributed by atoms with Crippen LogP contribution in [0.1, 0.15) is 32.6 Å². The fourth-order valence-corrected chi connectivity index (χ4v) is 2.14. The van der Waals surface area contributed by atoms with E-state index in [1.807, 2.05) is 6.92 Å². The zero-order valence-corrected chi connectivity index (χ0v) is 8.55. The van der Waals surface area contributed by atoms with Crippen LogP contribution < -0.4 is 10.6 Å². The summed E-state index contributed by atoms with van der Waals surface area (Å²) in [6.45, 7) is 2.88. The highest BCUT2D eigenvalue weighted by atomic mass is 16.3. The van der Waals surface area contributed by atoms with E-state index in [4.69, 9.17) is 5.11 Å². The minimum Gasteiger partial charge on any atom is -0.393 e. The number of aliphatic hydroxyl groups is 1. The first-order valence-corrected chi connectivity index (χ1v) is 5.34. The van der Waals surface area contributed by atoms with Gasteiger partial charge in [-0.15, -0.1) is 0 Å². The lowest BCUT2D eigenvalue weighted by atomic mass is 9.88. The van der Waals surface area contributed by atoms with E-state index < -0.39 is 0 Å². The van der Waals surface area contributed by atoms with Crippen molar-refractivity contribution in [1.29, 1.82) is 0 Å². The Balaban J connectivity index is 1.83. The van der Waals surface area contributed by atoms with E-state index in [-0.39, 0.29) is 23.6 Å². The third-order valence-corrected chi connectivity index (χ3v) is 3.32. The van der Waals surface area contributed by atoms with E-state index in [0.29, 0.717) is 12.8 Å². The monoisotopic (exact) mass is 198 g/mol. The van der Waals surface area contributed by atoms with Gasteiger partial charge in [-0.1, -0.05) is 0 Å². The van der Waals surface area contributed by atoms with Crippen molar-refractivity contribution in [2.24, 2.45) is 0 Å². The van der Waals surface area contributed by atoms with Crippen molar-refractivity contribution in [3.05, 3.63) is 0 Å². The van der Waals surface area contributed by atoms with Crippen LogP contribution in [0, 0.1) is 0 Å².